The molecular weight excluding hydrogens is 877 g/mol. The second kappa shape index (κ2) is 14.9. The molecule has 0 unspecified atom stereocenters. The monoisotopic (exact) mass is 945 g/mol. The molecule has 6 heterocycles. The number of hydrogen-bond donors (Lipinski definition) is 0. The van der Waals surface area contributed by atoms with Gasteiger partial charge in [-0.15, -0.1) is 0 Å². The molecule has 6 nitrogen and oxygen atoms in total. The van der Waals surface area contributed by atoms with Gasteiger partial charge in [0, 0.05) is 24.8 Å². The van der Waals surface area contributed by atoms with Crippen molar-refractivity contribution in [2.24, 2.45) is 45.3 Å². The van der Waals surface area contributed by atoms with E-state index in [0.29, 0.717) is 58.2 Å². The third kappa shape index (κ3) is 6.13. The molecule has 0 spiro atoms. The van der Waals surface area contributed by atoms with Crippen LogP contribution in [-0.4, -0.2) is 29.9 Å². The number of rotatable bonds is 8. The quantitative estimate of drug-likeness (QED) is 0.151. The molecule has 6 aromatic heterocycles. The van der Waals surface area contributed by atoms with Crippen molar-refractivity contribution in [3.05, 3.63) is 165 Å². The SMILES string of the molecule is CC1(C)[C@H]2Cc3cc(-c4cccc(-c5cc6c(cn5)[C@@H]5C[C@H]([C@@H]6Cc6ccc(C[C@@H]7c8cc(-c9cccc(-c%10cc%11c(cn%10)[C@@H]%10C[C@H](C%11)C%10(C)C)n9)ncc8[C@@H]8C[C@H]7C8(C)C)cc6)C5(C)C)n4)ncc3[C@@H]1C2. The third-order valence-electron chi connectivity index (χ3n) is 22.3. The predicted molar refractivity (Wildman–Crippen MR) is 287 cm³/mol. The summed E-state index contributed by atoms with van der Waals surface area (Å²) in [6, 6.07) is 32.0. The Kier molecular flexibility index (Phi) is 9.03. The molecule has 19 rings (SSSR count). The second-order valence-corrected chi connectivity index (χ2v) is 26.6. The molecule has 12 aliphatic carbocycles. The summed E-state index contributed by atoms with van der Waals surface area (Å²) in [5, 5.41) is 0. The molecule has 8 bridgehead atoms. The lowest BCUT2D eigenvalue weighted by atomic mass is 9.43. The van der Waals surface area contributed by atoms with Crippen molar-refractivity contribution in [1.82, 2.24) is 29.9 Å². The Morgan fingerprint density at radius 2 is 0.722 bits per heavy atom. The van der Waals surface area contributed by atoms with E-state index < -0.39 is 0 Å². The normalized spacial score (nSPS) is 30.2. The van der Waals surface area contributed by atoms with E-state index >= 15 is 0 Å². The van der Waals surface area contributed by atoms with Crippen LogP contribution >= 0.6 is 0 Å². The van der Waals surface area contributed by atoms with Gasteiger partial charge in [-0.25, -0.2) is 9.97 Å². The van der Waals surface area contributed by atoms with Crippen LogP contribution in [0.1, 0.15) is 172 Å². The highest BCUT2D eigenvalue weighted by Crippen LogP contribution is 2.69. The summed E-state index contributed by atoms with van der Waals surface area (Å²) in [6.07, 6.45) is 18.2. The largest absolute Gasteiger partial charge is 0.254 e. The third-order valence-corrected chi connectivity index (χ3v) is 22.3. The van der Waals surface area contributed by atoms with Crippen LogP contribution in [0.3, 0.4) is 0 Å². The topological polar surface area (TPSA) is 77.3 Å². The Labute approximate surface area is 426 Å². The van der Waals surface area contributed by atoms with E-state index in [2.05, 4.69) is 165 Å². The Hall–Kier alpha value is -5.88. The van der Waals surface area contributed by atoms with Gasteiger partial charge in [-0.1, -0.05) is 91.8 Å². The molecule has 0 N–H and O–H groups in total. The highest BCUT2D eigenvalue weighted by molar-refractivity contribution is 5.66. The number of benzene rings is 1. The van der Waals surface area contributed by atoms with Gasteiger partial charge in [0.1, 0.15) is 0 Å². The maximum Gasteiger partial charge on any atom is 0.0894 e. The lowest BCUT2D eigenvalue weighted by Crippen LogP contribution is -2.51. The lowest BCUT2D eigenvalue weighted by Gasteiger charge is -2.60. The zero-order valence-electron chi connectivity index (χ0n) is 43.5. The van der Waals surface area contributed by atoms with E-state index in [1.807, 2.05) is 0 Å². The first kappa shape index (κ1) is 43.7. The molecule has 0 amide bonds. The Balaban J connectivity index is 0.688. The van der Waals surface area contributed by atoms with Gasteiger partial charge in [0.15, 0.2) is 0 Å². The van der Waals surface area contributed by atoms with Crippen LogP contribution in [0.4, 0.5) is 0 Å². The van der Waals surface area contributed by atoms with E-state index in [4.69, 9.17) is 29.9 Å². The molecule has 4 fully saturated rings. The molecule has 7 aromatic rings. The minimum absolute atomic E-state index is 0.259. The Bertz CT molecular complexity index is 3190. The van der Waals surface area contributed by atoms with Crippen LogP contribution in [0.5, 0.6) is 0 Å². The molecule has 12 aliphatic rings. The van der Waals surface area contributed by atoms with Gasteiger partial charge in [-0.05, 0) is 236 Å². The molecule has 0 saturated heterocycles. The van der Waals surface area contributed by atoms with Crippen molar-refractivity contribution < 1.29 is 0 Å². The zero-order valence-corrected chi connectivity index (χ0v) is 43.5. The minimum atomic E-state index is 0.259. The molecule has 72 heavy (non-hydrogen) atoms. The zero-order chi connectivity index (χ0) is 48.8. The fourth-order valence-corrected chi connectivity index (χ4v) is 17.1. The molecular formula is C66H68N6. The van der Waals surface area contributed by atoms with Crippen LogP contribution in [-0.2, 0) is 25.7 Å². The predicted octanol–water partition coefficient (Wildman–Crippen LogP) is 15.0. The van der Waals surface area contributed by atoms with Gasteiger partial charge in [0.2, 0.25) is 0 Å². The summed E-state index contributed by atoms with van der Waals surface area (Å²) in [5.74, 6) is 6.07. The van der Waals surface area contributed by atoms with Crippen LogP contribution in [0.15, 0.2) is 110 Å². The van der Waals surface area contributed by atoms with Gasteiger partial charge in [0.25, 0.3) is 0 Å². The Morgan fingerprint density at radius 1 is 0.375 bits per heavy atom. The van der Waals surface area contributed by atoms with Gasteiger partial charge in [0.05, 0.1) is 45.6 Å². The summed E-state index contributed by atoms with van der Waals surface area (Å²) >= 11 is 0. The van der Waals surface area contributed by atoms with Crippen molar-refractivity contribution in [1.29, 1.82) is 0 Å². The first-order valence-corrected chi connectivity index (χ1v) is 27.6. The molecule has 1 aromatic carbocycles. The molecule has 0 aliphatic heterocycles. The van der Waals surface area contributed by atoms with Crippen LogP contribution < -0.4 is 0 Å². The fraction of sp³-hybridized carbons (Fsp3) is 0.455. The average Bonchev–Trinajstić information content (AvgIpc) is 3.40. The van der Waals surface area contributed by atoms with Crippen LogP contribution in [0.2, 0.25) is 0 Å². The Morgan fingerprint density at radius 3 is 1.08 bits per heavy atom. The van der Waals surface area contributed by atoms with Crippen molar-refractivity contribution in [3.8, 4) is 45.6 Å². The number of pyridine rings is 6. The van der Waals surface area contributed by atoms with Gasteiger partial charge < -0.3 is 0 Å². The average molecular weight is 945 g/mol. The van der Waals surface area contributed by atoms with Gasteiger partial charge in [-0.3, -0.25) is 19.9 Å². The van der Waals surface area contributed by atoms with Crippen molar-refractivity contribution in [2.45, 2.75) is 142 Å². The molecule has 0 radical (unpaired) electrons. The number of aromatic nitrogens is 6. The summed E-state index contributed by atoms with van der Waals surface area (Å²) in [6.45, 7) is 19.7. The highest BCUT2D eigenvalue weighted by Gasteiger charge is 2.59. The molecule has 6 heteroatoms. The van der Waals surface area contributed by atoms with E-state index in [0.717, 1.165) is 83.1 Å². The van der Waals surface area contributed by atoms with Gasteiger partial charge in [-0.2, -0.15) is 0 Å². The molecule has 362 valence electrons. The standard InChI is InChI=1S/C66H68N6/c1-63(2)39-21-37-23-59(67-31-45(37)49(63)25-39)55-11-9-13-57(71-55)61-27-41-43(51-29-53(65(51,5)6)47(41)33-69-61)19-35-15-17-36(18-16-35)20-44-42-28-62(70-34-48(42)54-30-52(44)66(54,7)8)58-14-10-12-56(72-58)60-24-38-22-40-26-50(64(40,3)4)46(38)32-68-60/h9-18,23-24,27-28,31-34,39-40,43-44,49-54H,19-22,25-26,29-30H2,1-8H3/t39-,40-,43+,44+,49-,50-,51+,52+,53-,54-/m0/s1. The molecule has 10 atom stereocenters. The van der Waals surface area contributed by atoms with Crippen LogP contribution in [0, 0.1) is 45.3 Å². The summed E-state index contributed by atoms with van der Waals surface area (Å²) < 4.78 is 0. The summed E-state index contributed by atoms with van der Waals surface area (Å²) in [7, 11) is 0. The van der Waals surface area contributed by atoms with Crippen LogP contribution in [0.25, 0.3) is 45.6 Å². The first-order valence-electron chi connectivity index (χ1n) is 27.6. The van der Waals surface area contributed by atoms with E-state index in [-0.39, 0.29) is 10.8 Å². The number of nitrogens with zero attached hydrogens (tertiary/aromatic N) is 6. The van der Waals surface area contributed by atoms with Crippen molar-refractivity contribution in [3.63, 3.8) is 0 Å². The fourth-order valence-electron chi connectivity index (χ4n) is 17.1. The minimum Gasteiger partial charge on any atom is -0.254 e. The summed E-state index contributed by atoms with van der Waals surface area (Å²) in [4.78, 5) is 30.8. The van der Waals surface area contributed by atoms with E-state index in [9.17, 15) is 0 Å². The maximum absolute atomic E-state index is 5.25. The second-order valence-electron chi connectivity index (χ2n) is 26.6. The highest BCUT2D eigenvalue weighted by atomic mass is 14.8. The van der Waals surface area contributed by atoms with E-state index in [1.165, 1.54) is 81.3 Å². The number of hydrogen-bond acceptors (Lipinski definition) is 6. The maximum atomic E-state index is 5.25. The summed E-state index contributed by atoms with van der Waals surface area (Å²) in [5.41, 5.74) is 23.5. The van der Waals surface area contributed by atoms with Crippen molar-refractivity contribution in [2.75, 3.05) is 0 Å². The van der Waals surface area contributed by atoms with Crippen molar-refractivity contribution >= 4 is 0 Å². The molecule has 4 saturated carbocycles. The smallest absolute Gasteiger partial charge is 0.0894 e. The lowest BCUT2D eigenvalue weighted by molar-refractivity contribution is -0.00603. The first-order chi connectivity index (χ1) is 34.6. The van der Waals surface area contributed by atoms with E-state index in [1.54, 1.807) is 0 Å². The van der Waals surface area contributed by atoms with Gasteiger partial charge >= 0.3 is 0 Å².